The van der Waals surface area contributed by atoms with E-state index in [1.54, 1.807) is 28.4 Å². The third kappa shape index (κ3) is 4.24. The van der Waals surface area contributed by atoms with Crippen LogP contribution in [0.3, 0.4) is 0 Å². The molecule has 0 N–H and O–H groups in total. The van der Waals surface area contributed by atoms with Crippen molar-refractivity contribution in [1.82, 2.24) is 4.98 Å². The van der Waals surface area contributed by atoms with Gasteiger partial charge >= 0.3 is 0 Å². The van der Waals surface area contributed by atoms with Crippen LogP contribution in [0.2, 0.25) is 0 Å². The monoisotopic (exact) mass is 444 g/mol. The molecule has 0 aliphatic heterocycles. The largest absolute Gasteiger partial charge is 0.493 e. The summed E-state index contributed by atoms with van der Waals surface area (Å²) in [5.41, 5.74) is 5.82. The summed E-state index contributed by atoms with van der Waals surface area (Å²) in [5, 5.41) is 1.05. The summed E-state index contributed by atoms with van der Waals surface area (Å²) in [6.45, 7) is 0. The standard InChI is InChI=1S/C27H28N2O4/c1-29(2)19-9-10-20-21(17-7-11-24(30-3)26(13-17)32-5)16-22(28-23(20)15-19)18-8-12-25(31-4)27(14-18)33-6/h7-16H,1-6H3. The fourth-order valence-electron chi connectivity index (χ4n) is 3.88. The molecule has 4 rings (SSSR count). The third-order valence-corrected chi connectivity index (χ3v) is 5.68. The van der Waals surface area contributed by atoms with E-state index in [9.17, 15) is 0 Å². The molecule has 4 aromatic rings. The first-order valence-electron chi connectivity index (χ1n) is 10.6. The first-order valence-corrected chi connectivity index (χ1v) is 10.6. The number of hydrogen-bond acceptors (Lipinski definition) is 6. The molecule has 33 heavy (non-hydrogen) atoms. The van der Waals surface area contributed by atoms with Gasteiger partial charge < -0.3 is 23.8 Å². The van der Waals surface area contributed by atoms with Crippen LogP contribution in [0.1, 0.15) is 0 Å². The number of hydrogen-bond donors (Lipinski definition) is 0. The van der Waals surface area contributed by atoms with Gasteiger partial charge in [-0.2, -0.15) is 0 Å². The molecule has 0 aliphatic carbocycles. The minimum absolute atomic E-state index is 0.659. The molecule has 1 aromatic heterocycles. The molecule has 0 unspecified atom stereocenters. The molecule has 0 bridgehead atoms. The number of anilines is 1. The highest BCUT2D eigenvalue weighted by atomic mass is 16.5. The van der Waals surface area contributed by atoms with E-state index in [-0.39, 0.29) is 0 Å². The lowest BCUT2D eigenvalue weighted by molar-refractivity contribution is 0.355. The molecule has 1 heterocycles. The van der Waals surface area contributed by atoms with Gasteiger partial charge in [0.2, 0.25) is 0 Å². The van der Waals surface area contributed by atoms with Crippen LogP contribution in [-0.2, 0) is 0 Å². The summed E-state index contributed by atoms with van der Waals surface area (Å²) in [7, 11) is 10.6. The lowest BCUT2D eigenvalue weighted by atomic mass is 9.97. The predicted molar refractivity (Wildman–Crippen MR) is 133 cm³/mol. The molecule has 3 aromatic carbocycles. The van der Waals surface area contributed by atoms with Gasteiger partial charge in [-0.05, 0) is 59.7 Å². The zero-order chi connectivity index (χ0) is 23.5. The van der Waals surface area contributed by atoms with Crippen molar-refractivity contribution in [2.24, 2.45) is 0 Å². The van der Waals surface area contributed by atoms with Crippen LogP contribution in [0.15, 0.2) is 60.7 Å². The lowest BCUT2D eigenvalue weighted by Gasteiger charge is -2.17. The maximum Gasteiger partial charge on any atom is 0.161 e. The van der Waals surface area contributed by atoms with Crippen LogP contribution in [0.4, 0.5) is 5.69 Å². The van der Waals surface area contributed by atoms with Gasteiger partial charge in [-0.15, -0.1) is 0 Å². The molecule has 0 atom stereocenters. The maximum absolute atomic E-state index is 5.55. The number of ether oxygens (including phenoxy) is 4. The third-order valence-electron chi connectivity index (χ3n) is 5.68. The highest BCUT2D eigenvalue weighted by molar-refractivity contribution is 5.98. The average Bonchev–Trinajstić information content (AvgIpc) is 2.86. The first-order chi connectivity index (χ1) is 16.0. The van der Waals surface area contributed by atoms with Gasteiger partial charge in [0.15, 0.2) is 23.0 Å². The Morgan fingerprint density at radius 2 is 1.18 bits per heavy atom. The molecule has 6 nitrogen and oxygen atoms in total. The van der Waals surface area contributed by atoms with E-state index in [4.69, 9.17) is 23.9 Å². The molecular weight excluding hydrogens is 416 g/mol. The van der Waals surface area contributed by atoms with Crippen LogP contribution in [0.5, 0.6) is 23.0 Å². The number of methoxy groups -OCH3 is 4. The highest BCUT2D eigenvalue weighted by Gasteiger charge is 2.15. The number of benzene rings is 3. The highest BCUT2D eigenvalue weighted by Crippen LogP contribution is 2.39. The van der Waals surface area contributed by atoms with E-state index >= 15 is 0 Å². The minimum atomic E-state index is 0.659. The normalized spacial score (nSPS) is 10.7. The molecular formula is C27H28N2O4. The fraction of sp³-hybridized carbons (Fsp3) is 0.222. The number of aromatic nitrogens is 1. The molecule has 0 amide bonds. The summed E-state index contributed by atoms with van der Waals surface area (Å²) in [5.74, 6) is 2.70. The predicted octanol–water partition coefficient (Wildman–Crippen LogP) is 5.67. The van der Waals surface area contributed by atoms with Gasteiger partial charge in [-0.3, -0.25) is 0 Å². The molecule has 0 saturated carbocycles. The summed E-state index contributed by atoms with van der Waals surface area (Å²) < 4.78 is 21.9. The number of pyridine rings is 1. The maximum atomic E-state index is 5.55. The zero-order valence-corrected chi connectivity index (χ0v) is 19.8. The van der Waals surface area contributed by atoms with Crippen molar-refractivity contribution >= 4 is 16.6 Å². The first kappa shape index (κ1) is 22.3. The van der Waals surface area contributed by atoms with Gasteiger partial charge in [0.25, 0.3) is 0 Å². The molecule has 170 valence electrons. The quantitative estimate of drug-likeness (QED) is 0.366. The lowest BCUT2D eigenvalue weighted by Crippen LogP contribution is -2.08. The van der Waals surface area contributed by atoms with Gasteiger partial charge in [0.1, 0.15) is 0 Å². The van der Waals surface area contributed by atoms with Crippen molar-refractivity contribution in [1.29, 1.82) is 0 Å². The second-order valence-electron chi connectivity index (χ2n) is 7.79. The number of rotatable bonds is 7. The zero-order valence-electron chi connectivity index (χ0n) is 19.8. The smallest absolute Gasteiger partial charge is 0.161 e. The second kappa shape index (κ2) is 9.28. The molecule has 0 saturated heterocycles. The Morgan fingerprint density at radius 3 is 1.76 bits per heavy atom. The molecule has 0 fully saturated rings. The Bertz CT molecular complexity index is 1300. The van der Waals surface area contributed by atoms with Gasteiger partial charge in [-0.1, -0.05) is 12.1 Å². The minimum Gasteiger partial charge on any atom is -0.493 e. The Balaban J connectivity index is 1.98. The Morgan fingerprint density at radius 1 is 0.606 bits per heavy atom. The van der Waals surface area contributed by atoms with E-state index in [2.05, 4.69) is 29.2 Å². The van der Waals surface area contributed by atoms with E-state index in [0.717, 1.165) is 39.0 Å². The fourth-order valence-corrected chi connectivity index (χ4v) is 3.88. The van der Waals surface area contributed by atoms with Crippen molar-refractivity contribution < 1.29 is 18.9 Å². The van der Waals surface area contributed by atoms with Crippen LogP contribution in [-0.4, -0.2) is 47.5 Å². The van der Waals surface area contributed by atoms with Crippen molar-refractivity contribution in [2.45, 2.75) is 0 Å². The van der Waals surface area contributed by atoms with Crippen molar-refractivity contribution in [3.63, 3.8) is 0 Å². The van der Waals surface area contributed by atoms with Crippen LogP contribution < -0.4 is 23.8 Å². The van der Waals surface area contributed by atoms with Gasteiger partial charge in [0, 0.05) is 30.7 Å². The summed E-state index contributed by atoms with van der Waals surface area (Å²) in [6.07, 6.45) is 0. The van der Waals surface area contributed by atoms with Gasteiger partial charge in [-0.25, -0.2) is 4.98 Å². The number of nitrogens with zero attached hydrogens (tertiary/aromatic N) is 2. The average molecular weight is 445 g/mol. The summed E-state index contributed by atoms with van der Waals surface area (Å²) >= 11 is 0. The Hall–Kier alpha value is -3.93. The van der Waals surface area contributed by atoms with E-state index in [1.807, 2.05) is 50.5 Å². The van der Waals surface area contributed by atoms with Crippen LogP contribution in [0, 0.1) is 0 Å². The SMILES string of the molecule is COc1ccc(-c2cc(-c3ccc(OC)c(OC)c3)c3ccc(N(C)C)cc3n2)cc1OC. The molecule has 6 heteroatoms. The van der Waals surface area contributed by atoms with E-state index in [0.29, 0.717) is 23.0 Å². The van der Waals surface area contributed by atoms with E-state index < -0.39 is 0 Å². The van der Waals surface area contributed by atoms with Crippen molar-refractivity contribution in [3.05, 3.63) is 60.7 Å². The Labute approximate surface area is 194 Å². The van der Waals surface area contributed by atoms with Crippen molar-refractivity contribution in [3.8, 4) is 45.4 Å². The number of fused-ring (bicyclic) bond motifs is 1. The summed E-state index contributed by atoms with van der Waals surface area (Å²) in [4.78, 5) is 7.07. The second-order valence-corrected chi connectivity index (χ2v) is 7.79. The molecule has 0 spiro atoms. The van der Waals surface area contributed by atoms with Crippen LogP contribution >= 0.6 is 0 Å². The van der Waals surface area contributed by atoms with E-state index in [1.165, 1.54) is 0 Å². The Kier molecular flexibility index (Phi) is 6.27. The van der Waals surface area contributed by atoms with Gasteiger partial charge in [0.05, 0.1) is 39.6 Å². The molecule has 0 radical (unpaired) electrons. The van der Waals surface area contributed by atoms with Crippen molar-refractivity contribution in [2.75, 3.05) is 47.4 Å². The topological polar surface area (TPSA) is 53.0 Å². The van der Waals surface area contributed by atoms with Crippen LogP contribution in [0.25, 0.3) is 33.3 Å². The summed E-state index contributed by atoms with van der Waals surface area (Å²) in [6, 6.07) is 20.2. The molecule has 0 aliphatic rings.